The Kier molecular flexibility index (Phi) is 4.79. The number of benzene rings is 1. The second-order valence-corrected chi connectivity index (χ2v) is 6.40. The van der Waals surface area contributed by atoms with Crippen LogP contribution in [-0.4, -0.2) is 33.9 Å². The Balaban J connectivity index is 1.82. The van der Waals surface area contributed by atoms with Crippen molar-refractivity contribution in [3.05, 3.63) is 53.6 Å². The highest BCUT2D eigenvalue weighted by Gasteiger charge is 2.35. The molecule has 0 radical (unpaired) electrons. The number of hydrogen-bond donors (Lipinski definition) is 0. The van der Waals surface area contributed by atoms with Crippen molar-refractivity contribution in [2.24, 2.45) is 5.92 Å². The van der Waals surface area contributed by atoms with Crippen LogP contribution >= 0.6 is 0 Å². The first-order valence-corrected chi connectivity index (χ1v) is 8.31. The minimum atomic E-state index is -0.0577. The maximum Gasteiger partial charge on any atom is 0.274 e. The van der Waals surface area contributed by atoms with E-state index in [0.29, 0.717) is 18.2 Å². The van der Waals surface area contributed by atoms with Crippen molar-refractivity contribution in [1.29, 1.82) is 0 Å². The monoisotopic (exact) mass is 325 g/mol. The highest BCUT2D eigenvalue weighted by molar-refractivity contribution is 5.92. The summed E-state index contributed by atoms with van der Waals surface area (Å²) in [7, 11) is 1.65. The zero-order chi connectivity index (χ0) is 17.1. The zero-order valence-corrected chi connectivity index (χ0v) is 14.4. The van der Waals surface area contributed by atoms with E-state index in [-0.39, 0.29) is 11.9 Å². The predicted octanol–water partition coefficient (Wildman–Crippen LogP) is 3.23. The van der Waals surface area contributed by atoms with Crippen molar-refractivity contribution >= 4 is 5.91 Å². The van der Waals surface area contributed by atoms with E-state index < -0.39 is 0 Å². The maximum absolute atomic E-state index is 13.0. The SMILES string of the molecule is COc1ccc(CN(C(=O)c2cnc(C)cn2)C(C)C2CC2)cc1. The van der Waals surface area contributed by atoms with Crippen LogP contribution in [0.15, 0.2) is 36.7 Å². The fraction of sp³-hybridized carbons (Fsp3) is 0.421. The molecule has 126 valence electrons. The Labute approximate surface area is 142 Å². The third kappa shape index (κ3) is 3.72. The van der Waals surface area contributed by atoms with Crippen molar-refractivity contribution < 1.29 is 9.53 Å². The first-order valence-electron chi connectivity index (χ1n) is 8.31. The zero-order valence-electron chi connectivity index (χ0n) is 14.4. The lowest BCUT2D eigenvalue weighted by Crippen LogP contribution is -2.39. The molecule has 1 atom stereocenters. The molecule has 3 rings (SSSR count). The van der Waals surface area contributed by atoms with Gasteiger partial charge < -0.3 is 9.64 Å². The Morgan fingerprint density at radius 2 is 1.96 bits per heavy atom. The molecule has 24 heavy (non-hydrogen) atoms. The summed E-state index contributed by atoms with van der Waals surface area (Å²) in [5, 5.41) is 0. The Morgan fingerprint density at radius 3 is 2.50 bits per heavy atom. The van der Waals surface area contributed by atoms with Crippen LogP contribution in [0.25, 0.3) is 0 Å². The average molecular weight is 325 g/mol. The van der Waals surface area contributed by atoms with Crippen LogP contribution in [0.4, 0.5) is 0 Å². The summed E-state index contributed by atoms with van der Waals surface area (Å²) in [5.41, 5.74) is 2.29. The number of hydrogen-bond acceptors (Lipinski definition) is 4. The smallest absolute Gasteiger partial charge is 0.274 e. The van der Waals surface area contributed by atoms with Crippen LogP contribution in [0, 0.1) is 12.8 Å². The molecule has 0 aliphatic heterocycles. The fourth-order valence-electron chi connectivity index (χ4n) is 2.81. The van der Waals surface area contributed by atoms with E-state index in [1.807, 2.05) is 36.1 Å². The summed E-state index contributed by atoms with van der Waals surface area (Å²) < 4.78 is 5.20. The van der Waals surface area contributed by atoms with Gasteiger partial charge in [0.1, 0.15) is 11.4 Å². The van der Waals surface area contributed by atoms with Crippen molar-refractivity contribution in [2.75, 3.05) is 7.11 Å². The van der Waals surface area contributed by atoms with Gasteiger partial charge in [-0.05, 0) is 50.3 Å². The molecule has 2 aromatic rings. The standard InChI is InChI=1S/C19H23N3O2/c1-13-10-21-18(11-20-13)19(23)22(14(2)16-6-7-16)12-15-4-8-17(24-3)9-5-15/h4-5,8-11,14,16H,6-7,12H2,1-3H3. The van der Waals surface area contributed by atoms with Gasteiger partial charge >= 0.3 is 0 Å². The van der Waals surface area contributed by atoms with Gasteiger partial charge in [-0.1, -0.05) is 12.1 Å². The van der Waals surface area contributed by atoms with E-state index in [9.17, 15) is 4.79 Å². The number of nitrogens with zero attached hydrogens (tertiary/aromatic N) is 3. The fourth-order valence-corrected chi connectivity index (χ4v) is 2.81. The minimum Gasteiger partial charge on any atom is -0.497 e. The second-order valence-electron chi connectivity index (χ2n) is 6.40. The van der Waals surface area contributed by atoms with Crippen LogP contribution in [-0.2, 0) is 6.54 Å². The van der Waals surface area contributed by atoms with Gasteiger partial charge in [0, 0.05) is 18.8 Å². The van der Waals surface area contributed by atoms with Crippen LogP contribution in [0.1, 0.15) is 41.5 Å². The summed E-state index contributed by atoms with van der Waals surface area (Å²) in [6.45, 7) is 4.56. The van der Waals surface area contributed by atoms with E-state index in [1.165, 1.54) is 12.8 Å². The number of amides is 1. The first kappa shape index (κ1) is 16.4. The van der Waals surface area contributed by atoms with Crippen LogP contribution < -0.4 is 4.74 Å². The van der Waals surface area contributed by atoms with Crippen LogP contribution in [0.2, 0.25) is 0 Å². The number of carbonyl (C=O) groups excluding carboxylic acids is 1. The number of methoxy groups -OCH3 is 1. The quantitative estimate of drug-likeness (QED) is 0.818. The van der Waals surface area contributed by atoms with Crippen molar-refractivity contribution in [1.82, 2.24) is 14.9 Å². The lowest BCUT2D eigenvalue weighted by molar-refractivity contribution is 0.0647. The van der Waals surface area contributed by atoms with E-state index >= 15 is 0 Å². The highest BCUT2D eigenvalue weighted by Crippen LogP contribution is 2.36. The van der Waals surface area contributed by atoms with Gasteiger partial charge in [-0.3, -0.25) is 9.78 Å². The number of aromatic nitrogens is 2. The van der Waals surface area contributed by atoms with Crippen molar-refractivity contribution in [2.45, 2.75) is 39.3 Å². The Morgan fingerprint density at radius 1 is 1.25 bits per heavy atom. The molecule has 1 amide bonds. The summed E-state index contributed by atoms with van der Waals surface area (Å²) >= 11 is 0. The van der Waals surface area contributed by atoms with Gasteiger partial charge in [0.15, 0.2) is 0 Å². The molecular weight excluding hydrogens is 302 g/mol. The molecule has 1 aliphatic rings. The van der Waals surface area contributed by atoms with Gasteiger partial charge in [-0.25, -0.2) is 4.98 Å². The van der Waals surface area contributed by atoms with Gasteiger partial charge in [0.25, 0.3) is 5.91 Å². The second kappa shape index (κ2) is 6.99. The van der Waals surface area contributed by atoms with Gasteiger partial charge in [0.2, 0.25) is 0 Å². The molecular formula is C19H23N3O2. The van der Waals surface area contributed by atoms with Crippen molar-refractivity contribution in [3.63, 3.8) is 0 Å². The summed E-state index contributed by atoms with van der Waals surface area (Å²) in [6.07, 6.45) is 5.58. The van der Waals surface area contributed by atoms with Gasteiger partial charge in [-0.15, -0.1) is 0 Å². The molecule has 1 aromatic heterocycles. The highest BCUT2D eigenvalue weighted by atomic mass is 16.5. The third-order valence-corrected chi connectivity index (χ3v) is 4.57. The van der Waals surface area contributed by atoms with Gasteiger partial charge in [-0.2, -0.15) is 0 Å². The average Bonchev–Trinajstić information content (AvgIpc) is 3.45. The number of aryl methyl sites for hydroxylation is 1. The van der Waals surface area contributed by atoms with Crippen LogP contribution in [0.3, 0.4) is 0 Å². The largest absolute Gasteiger partial charge is 0.497 e. The number of carbonyl (C=O) groups is 1. The van der Waals surface area contributed by atoms with Gasteiger partial charge in [0.05, 0.1) is 19.0 Å². The number of ether oxygens (including phenoxy) is 1. The first-order chi connectivity index (χ1) is 11.6. The van der Waals surface area contributed by atoms with E-state index in [1.54, 1.807) is 19.5 Å². The molecule has 0 saturated heterocycles. The maximum atomic E-state index is 13.0. The summed E-state index contributed by atoms with van der Waals surface area (Å²) in [6, 6.07) is 8.04. The summed E-state index contributed by atoms with van der Waals surface area (Å²) in [4.78, 5) is 23.3. The molecule has 1 unspecified atom stereocenters. The molecule has 1 aliphatic carbocycles. The van der Waals surface area contributed by atoms with Crippen molar-refractivity contribution in [3.8, 4) is 5.75 Å². The lowest BCUT2D eigenvalue weighted by atomic mass is 10.1. The minimum absolute atomic E-state index is 0.0577. The molecule has 1 aromatic carbocycles. The topological polar surface area (TPSA) is 55.3 Å². The number of rotatable bonds is 6. The van der Waals surface area contributed by atoms with E-state index in [4.69, 9.17) is 4.74 Å². The molecule has 1 saturated carbocycles. The predicted molar refractivity (Wildman–Crippen MR) is 91.8 cm³/mol. The summed E-state index contributed by atoms with van der Waals surface area (Å²) in [5.74, 6) is 1.35. The molecule has 0 N–H and O–H groups in total. The van der Waals surface area contributed by atoms with Crippen LogP contribution in [0.5, 0.6) is 5.75 Å². The molecule has 0 bridgehead atoms. The Hall–Kier alpha value is -2.43. The molecule has 0 spiro atoms. The third-order valence-electron chi connectivity index (χ3n) is 4.57. The van der Waals surface area contributed by atoms with E-state index in [2.05, 4.69) is 16.9 Å². The normalized spacial score (nSPS) is 15.0. The molecule has 5 heteroatoms. The molecule has 1 fully saturated rings. The molecule has 5 nitrogen and oxygen atoms in total. The lowest BCUT2D eigenvalue weighted by Gasteiger charge is -2.29. The molecule has 1 heterocycles. The Bertz CT molecular complexity index is 694. The van der Waals surface area contributed by atoms with E-state index in [0.717, 1.165) is 17.0 Å².